The number of rotatable bonds is 13. The highest BCUT2D eigenvalue weighted by atomic mass is 16.6. The van der Waals surface area contributed by atoms with Gasteiger partial charge in [0, 0.05) is 125 Å². The van der Waals surface area contributed by atoms with Crippen molar-refractivity contribution in [3.63, 3.8) is 0 Å². The van der Waals surface area contributed by atoms with E-state index in [1.165, 1.54) is 11.1 Å². The maximum atomic E-state index is 13.8. The topological polar surface area (TPSA) is 84.0 Å². The average molecular weight is 1040 g/mol. The lowest BCUT2D eigenvalue weighted by atomic mass is 9.74. The Morgan fingerprint density at radius 2 is 0.782 bits per heavy atom. The maximum Gasteiger partial charge on any atom is 0.340 e. The maximum absolute atomic E-state index is 13.8. The summed E-state index contributed by atoms with van der Waals surface area (Å²) in [6.07, 6.45) is 0.881. The zero-order chi connectivity index (χ0) is 54.4. The molecular weight excluding hydrogens is 969 g/mol. The zero-order valence-electron chi connectivity index (χ0n) is 46.3. The summed E-state index contributed by atoms with van der Waals surface area (Å²) in [5.41, 5.74) is 13.9. The van der Waals surface area contributed by atoms with Gasteiger partial charge in [-0.2, -0.15) is 0 Å². The van der Waals surface area contributed by atoms with E-state index in [1.54, 1.807) is 0 Å². The van der Waals surface area contributed by atoms with Crippen molar-refractivity contribution in [2.75, 3.05) is 59.9 Å². The summed E-state index contributed by atoms with van der Waals surface area (Å²) in [4.78, 5) is 36.5. The number of aryl methyl sites for hydroxylation is 2. The molecule has 2 atom stereocenters. The molecule has 12 rings (SSSR count). The summed E-state index contributed by atoms with van der Waals surface area (Å²) in [5.74, 6) is 2.01. The Hall–Kier alpha value is -8.50. The summed E-state index contributed by atoms with van der Waals surface area (Å²) in [7, 11) is 4.18. The van der Waals surface area contributed by atoms with E-state index in [0.717, 1.165) is 111 Å². The molecule has 0 radical (unpaired) electrons. The highest BCUT2D eigenvalue weighted by molar-refractivity contribution is 5.98. The molecular formula is C68H66N4O6. The molecule has 0 saturated carbocycles. The van der Waals surface area contributed by atoms with Crippen molar-refractivity contribution in [2.45, 2.75) is 78.4 Å². The molecule has 4 aliphatic rings. The predicted octanol–water partition coefficient (Wildman–Crippen LogP) is 15.4. The minimum atomic E-state index is -1.18. The van der Waals surface area contributed by atoms with Gasteiger partial charge in [-0.1, -0.05) is 74.5 Å². The first-order valence-corrected chi connectivity index (χ1v) is 27.5. The van der Waals surface area contributed by atoms with Gasteiger partial charge in [-0.3, -0.25) is 0 Å². The second kappa shape index (κ2) is 18.9. The van der Waals surface area contributed by atoms with E-state index < -0.39 is 11.2 Å². The first-order valence-electron chi connectivity index (χ1n) is 27.5. The van der Waals surface area contributed by atoms with E-state index in [-0.39, 0.29) is 17.4 Å². The number of fused-ring (bicyclic) bond motifs is 12. The Balaban J connectivity index is 0.841. The minimum Gasteiger partial charge on any atom is -0.456 e. The normalized spacial score (nSPS) is 17.8. The number of benzene rings is 8. The van der Waals surface area contributed by atoms with Gasteiger partial charge in [0.15, 0.2) is 11.2 Å². The van der Waals surface area contributed by atoms with Crippen LogP contribution in [-0.4, -0.2) is 52.2 Å². The van der Waals surface area contributed by atoms with Crippen LogP contribution in [0, 0.1) is 13.8 Å². The summed E-state index contributed by atoms with van der Waals surface area (Å²) in [6, 6.07) is 54.2. The van der Waals surface area contributed by atoms with E-state index in [0.29, 0.717) is 34.1 Å². The third kappa shape index (κ3) is 7.43. The van der Waals surface area contributed by atoms with Gasteiger partial charge in [-0.05, 0) is 155 Å². The van der Waals surface area contributed by atoms with Gasteiger partial charge in [-0.15, -0.1) is 0 Å². The summed E-state index contributed by atoms with van der Waals surface area (Å²) in [6.45, 7) is 20.8. The molecule has 10 heteroatoms. The van der Waals surface area contributed by atoms with E-state index in [1.807, 2.05) is 48.5 Å². The van der Waals surface area contributed by atoms with Crippen LogP contribution in [0.15, 0.2) is 158 Å². The fourth-order valence-electron chi connectivity index (χ4n) is 12.8. The van der Waals surface area contributed by atoms with E-state index >= 15 is 0 Å². The molecule has 4 aliphatic heterocycles. The predicted molar refractivity (Wildman–Crippen MR) is 312 cm³/mol. The molecule has 2 spiro atoms. The SMILES string of the molecule is CCN(CC)c1ccc2c(c1)Oc1cc(C)c(N(C)c3ccc(C(C)(CC)c4ccc(N(C)c5cc6c(cc5C)Oc5cc(N(CC)CC)ccc5C65OC(=O)c6ccccc65)cc4)cc3)cc1C21OC(=O)c2ccccc21. The Morgan fingerprint density at radius 3 is 1.15 bits per heavy atom. The van der Waals surface area contributed by atoms with E-state index in [2.05, 4.69) is 198 Å². The molecule has 4 heterocycles. The lowest BCUT2D eigenvalue weighted by molar-refractivity contribution is 0.0214. The third-order valence-electron chi connectivity index (χ3n) is 17.5. The van der Waals surface area contributed by atoms with Crippen molar-refractivity contribution in [3.05, 3.63) is 224 Å². The monoisotopic (exact) mass is 1030 g/mol. The molecule has 8 aromatic carbocycles. The number of nitrogens with zero attached hydrogens (tertiary/aromatic N) is 4. The van der Waals surface area contributed by atoms with Crippen molar-refractivity contribution >= 4 is 46.1 Å². The van der Waals surface area contributed by atoms with E-state index in [9.17, 15) is 9.59 Å². The Kier molecular flexibility index (Phi) is 12.2. The van der Waals surface area contributed by atoms with Gasteiger partial charge < -0.3 is 38.5 Å². The van der Waals surface area contributed by atoms with Crippen molar-refractivity contribution in [3.8, 4) is 23.0 Å². The number of carbonyl (C=O) groups is 2. The van der Waals surface area contributed by atoms with Gasteiger partial charge in [-0.25, -0.2) is 9.59 Å². The van der Waals surface area contributed by atoms with Crippen molar-refractivity contribution in [1.82, 2.24) is 0 Å². The second-order valence-corrected chi connectivity index (χ2v) is 21.3. The van der Waals surface area contributed by atoms with Crippen molar-refractivity contribution in [1.29, 1.82) is 0 Å². The highest BCUT2D eigenvalue weighted by Gasteiger charge is 2.55. The van der Waals surface area contributed by atoms with Crippen LogP contribution in [0.1, 0.15) is 124 Å². The first kappa shape index (κ1) is 50.3. The molecule has 8 aromatic rings. The van der Waals surface area contributed by atoms with Gasteiger partial charge in [0.25, 0.3) is 0 Å². The Morgan fingerprint density at radius 1 is 0.423 bits per heavy atom. The molecule has 0 amide bonds. The fourth-order valence-corrected chi connectivity index (χ4v) is 12.8. The van der Waals surface area contributed by atoms with Crippen LogP contribution in [0.25, 0.3) is 0 Å². The van der Waals surface area contributed by atoms with Crippen LogP contribution >= 0.6 is 0 Å². The van der Waals surface area contributed by atoms with Gasteiger partial charge >= 0.3 is 11.9 Å². The molecule has 10 nitrogen and oxygen atoms in total. The molecule has 0 saturated heterocycles. The van der Waals surface area contributed by atoms with Crippen LogP contribution in [0.2, 0.25) is 0 Å². The number of ether oxygens (including phenoxy) is 4. The molecule has 394 valence electrons. The van der Waals surface area contributed by atoms with Crippen LogP contribution in [0.4, 0.5) is 34.1 Å². The molecule has 2 unspecified atom stereocenters. The molecule has 0 aliphatic carbocycles. The Labute approximate surface area is 458 Å². The van der Waals surface area contributed by atoms with Crippen LogP contribution in [-0.2, 0) is 26.1 Å². The van der Waals surface area contributed by atoms with Crippen LogP contribution in [0.5, 0.6) is 23.0 Å². The quantitative estimate of drug-likeness (QED) is 0.104. The van der Waals surface area contributed by atoms with Gasteiger partial charge in [0.2, 0.25) is 0 Å². The third-order valence-corrected chi connectivity index (χ3v) is 17.5. The van der Waals surface area contributed by atoms with Gasteiger partial charge in [0.05, 0.1) is 11.1 Å². The molecule has 0 bridgehead atoms. The number of hydrogen-bond donors (Lipinski definition) is 0. The van der Waals surface area contributed by atoms with Crippen LogP contribution < -0.4 is 29.1 Å². The highest BCUT2D eigenvalue weighted by Crippen LogP contribution is 2.60. The number of anilines is 6. The molecule has 0 aromatic heterocycles. The number of esters is 2. The Bertz CT molecular complexity index is 3470. The number of hydrogen-bond acceptors (Lipinski definition) is 10. The lowest BCUT2D eigenvalue weighted by Crippen LogP contribution is -2.33. The smallest absolute Gasteiger partial charge is 0.340 e. The summed E-state index contributed by atoms with van der Waals surface area (Å²) < 4.78 is 26.8. The largest absolute Gasteiger partial charge is 0.456 e. The average Bonchev–Trinajstić information content (AvgIpc) is 3.85. The standard InChI is InChI=1S/C68H66N4O6/c1-11-66(8,44-24-28-46(29-25-44)69(9)58-40-56-60(36-42(58)6)75-62-38-48(71(12-2)13-3)32-34-54(62)67(56)52-22-18-16-20-50(52)64(73)77-67)45-26-30-47(31-27-45)70(10)59-41-57-61(37-43(59)7)76-63-39-49(72(14-4)15-5)33-35-55(63)68(57)53-23-19-17-21-51(53)65(74)78-68/h16-41H,11-15H2,1-10H3. The lowest BCUT2D eigenvalue weighted by Gasteiger charge is -2.38. The number of carbonyl (C=O) groups excluding carboxylic acids is 2. The first-order chi connectivity index (χ1) is 37.7. The van der Waals surface area contributed by atoms with E-state index in [4.69, 9.17) is 18.9 Å². The molecule has 0 N–H and O–H groups in total. The van der Waals surface area contributed by atoms with Crippen LogP contribution in [0.3, 0.4) is 0 Å². The summed E-state index contributed by atoms with van der Waals surface area (Å²) in [5, 5.41) is 0. The van der Waals surface area contributed by atoms with Gasteiger partial charge in [0.1, 0.15) is 23.0 Å². The molecule has 0 fully saturated rings. The second-order valence-electron chi connectivity index (χ2n) is 21.3. The zero-order valence-corrected chi connectivity index (χ0v) is 46.3. The van der Waals surface area contributed by atoms with Crippen molar-refractivity contribution < 1.29 is 28.5 Å². The fraction of sp³-hybridized carbons (Fsp3) is 0.265. The minimum absolute atomic E-state index is 0.290. The summed E-state index contributed by atoms with van der Waals surface area (Å²) >= 11 is 0. The van der Waals surface area contributed by atoms with Crippen molar-refractivity contribution in [2.24, 2.45) is 0 Å². The molecule has 78 heavy (non-hydrogen) atoms.